The van der Waals surface area contributed by atoms with E-state index in [4.69, 9.17) is 5.73 Å². The second kappa shape index (κ2) is 6.78. The van der Waals surface area contributed by atoms with Crippen LogP contribution in [0.4, 0.5) is 11.4 Å². The molecule has 2 N–H and O–H groups in total. The van der Waals surface area contributed by atoms with Crippen LogP contribution in [0.2, 0.25) is 0 Å². The minimum absolute atomic E-state index is 0.744. The van der Waals surface area contributed by atoms with E-state index in [9.17, 15) is 0 Å². The van der Waals surface area contributed by atoms with E-state index >= 15 is 0 Å². The second-order valence-corrected chi connectivity index (χ2v) is 4.80. The van der Waals surface area contributed by atoms with Crippen LogP contribution >= 0.6 is 0 Å². The molecule has 19 heavy (non-hydrogen) atoms. The molecule has 0 radical (unpaired) electrons. The van der Waals surface area contributed by atoms with Crippen LogP contribution in [0.1, 0.15) is 18.4 Å². The van der Waals surface area contributed by atoms with Crippen LogP contribution in [0.3, 0.4) is 0 Å². The Kier molecular flexibility index (Phi) is 4.78. The molecule has 0 spiro atoms. The van der Waals surface area contributed by atoms with E-state index in [-0.39, 0.29) is 0 Å². The van der Waals surface area contributed by atoms with E-state index in [1.807, 2.05) is 6.07 Å². The summed E-state index contributed by atoms with van der Waals surface area (Å²) in [5.74, 6) is 0. The first kappa shape index (κ1) is 13.4. The van der Waals surface area contributed by atoms with Crippen molar-refractivity contribution >= 4 is 11.4 Å². The van der Waals surface area contributed by atoms with Crippen molar-refractivity contribution < 1.29 is 0 Å². The number of anilines is 2. The van der Waals surface area contributed by atoms with E-state index < -0.39 is 0 Å². The highest BCUT2D eigenvalue weighted by molar-refractivity contribution is 5.65. The van der Waals surface area contributed by atoms with Gasteiger partial charge in [-0.2, -0.15) is 0 Å². The van der Waals surface area contributed by atoms with Crippen LogP contribution in [-0.2, 0) is 6.42 Å². The summed E-state index contributed by atoms with van der Waals surface area (Å²) in [5, 5.41) is 0. The number of rotatable bonds is 6. The molecular formula is C16H21N3. The summed E-state index contributed by atoms with van der Waals surface area (Å²) < 4.78 is 0. The van der Waals surface area contributed by atoms with Gasteiger partial charge in [0.15, 0.2) is 0 Å². The Hall–Kier alpha value is -2.03. The summed E-state index contributed by atoms with van der Waals surface area (Å²) in [6.45, 7) is 1.01. The van der Waals surface area contributed by atoms with Crippen molar-refractivity contribution in [2.24, 2.45) is 0 Å². The van der Waals surface area contributed by atoms with Crippen molar-refractivity contribution in [3.8, 4) is 0 Å². The summed E-state index contributed by atoms with van der Waals surface area (Å²) >= 11 is 0. The Morgan fingerprint density at radius 3 is 2.63 bits per heavy atom. The number of nitrogens with zero attached hydrogens (tertiary/aromatic N) is 2. The molecule has 2 rings (SSSR count). The summed E-state index contributed by atoms with van der Waals surface area (Å²) in [7, 11) is 2.08. The fraction of sp³-hybridized carbons (Fsp3) is 0.312. The highest BCUT2D eigenvalue weighted by Gasteiger charge is 2.04. The first-order chi connectivity index (χ1) is 9.27. The Morgan fingerprint density at radius 2 is 1.89 bits per heavy atom. The van der Waals surface area contributed by atoms with Crippen molar-refractivity contribution in [2.45, 2.75) is 19.3 Å². The van der Waals surface area contributed by atoms with Crippen LogP contribution in [0.15, 0.2) is 48.8 Å². The number of hydrogen-bond donors (Lipinski definition) is 1. The molecule has 2 aromatic rings. The van der Waals surface area contributed by atoms with Gasteiger partial charge in [0.1, 0.15) is 0 Å². The Balaban J connectivity index is 1.76. The molecule has 0 saturated carbocycles. The third-order valence-corrected chi connectivity index (χ3v) is 3.29. The Bertz CT molecular complexity index is 496. The molecule has 0 fully saturated rings. The van der Waals surface area contributed by atoms with E-state index in [1.165, 1.54) is 12.0 Å². The monoisotopic (exact) mass is 255 g/mol. The molecule has 0 aliphatic rings. The lowest BCUT2D eigenvalue weighted by molar-refractivity contribution is 0.719. The van der Waals surface area contributed by atoms with Gasteiger partial charge < -0.3 is 10.6 Å². The standard InChI is InChI=1S/C16H21N3/c1-19(16-10-11-18-13-15(16)17)12-6-5-9-14-7-3-2-4-8-14/h2-4,7-8,10-11,13H,5-6,9,12,17H2,1H3. The smallest absolute Gasteiger partial charge is 0.0738 e. The van der Waals surface area contributed by atoms with Gasteiger partial charge in [0.2, 0.25) is 0 Å². The number of aromatic nitrogens is 1. The van der Waals surface area contributed by atoms with Crippen molar-refractivity contribution in [3.63, 3.8) is 0 Å². The number of aryl methyl sites for hydroxylation is 1. The number of nitrogen functional groups attached to an aromatic ring is 1. The summed E-state index contributed by atoms with van der Waals surface area (Å²) in [6, 6.07) is 12.6. The molecule has 3 heteroatoms. The van der Waals surface area contributed by atoms with Gasteiger partial charge in [-0.3, -0.25) is 4.98 Å². The third-order valence-electron chi connectivity index (χ3n) is 3.29. The average molecular weight is 255 g/mol. The predicted octanol–water partition coefficient (Wildman–Crippen LogP) is 3.12. The van der Waals surface area contributed by atoms with E-state index in [0.717, 1.165) is 30.8 Å². The minimum Gasteiger partial charge on any atom is -0.396 e. The molecule has 0 saturated heterocycles. The van der Waals surface area contributed by atoms with Crippen molar-refractivity contribution in [1.82, 2.24) is 4.98 Å². The van der Waals surface area contributed by atoms with Crippen LogP contribution in [0, 0.1) is 0 Å². The maximum Gasteiger partial charge on any atom is 0.0738 e. The predicted molar refractivity (Wildman–Crippen MR) is 81.3 cm³/mol. The number of unbranched alkanes of at least 4 members (excludes halogenated alkanes) is 1. The highest BCUT2D eigenvalue weighted by atomic mass is 15.1. The van der Waals surface area contributed by atoms with E-state index in [0.29, 0.717) is 0 Å². The second-order valence-electron chi connectivity index (χ2n) is 4.80. The maximum atomic E-state index is 5.91. The largest absolute Gasteiger partial charge is 0.396 e. The lowest BCUT2D eigenvalue weighted by atomic mass is 10.1. The quantitative estimate of drug-likeness (QED) is 0.806. The summed E-state index contributed by atoms with van der Waals surface area (Å²) in [6.07, 6.45) is 6.98. The van der Waals surface area contributed by atoms with Gasteiger partial charge in [0.25, 0.3) is 0 Å². The number of benzene rings is 1. The fourth-order valence-electron chi connectivity index (χ4n) is 2.19. The summed E-state index contributed by atoms with van der Waals surface area (Å²) in [4.78, 5) is 6.21. The average Bonchev–Trinajstić information content (AvgIpc) is 2.45. The zero-order valence-electron chi connectivity index (χ0n) is 11.4. The van der Waals surface area contributed by atoms with Gasteiger partial charge in [0, 0.05) is 19.8 Å². The molecule has 0 aliphatic carbocycles. The molecule has 3 nitrogen and oxygen atoms in total. The molecule has 1 heterocycles. The lowest BCUT2D eigenvalue weighted by Gasteiger charge is -2.20. The SMILES string of the molecule is CN(CCCCc1ccccc1)c1ccncc1N. The third kappa shape index (κ3) is 3.98. The van der Waals surface area contributed by atoms with Gasteiger partial charge in [-0.15, -0.1) is 0 Å². The highest BCUT2D eigenvalue weighted by Crippen LogP contribution is 2.20. The first-order valence-corrected chi connectivity index (χ1v) is 6.72. The van der Waals surface area contributed by atoms with E-state index in [2.05, 4.69) is 47.3 Å². The van der Waals surface area contributed by atoms with E-state index in [1.54, 1.807) is 12.4 Å². The number of hydrogen-bond acceptors (Lipinski definition) is 3. The van der Waals surface area contributed by atoms with Gasteiger partial charge in [-0.05, 0) is 30.9 Å². The maximum absolute atomic E-state index is 5.91. The van der Waals surface area contributed by atoms with Gasteiger partial charge >= 0.3 is 0 Å². The molecule has 0 amide bonds. The van der Waals surface area contributed by atoms with Crippen LogP contribution in [0.25, 0.3) is 0 Å². The topological polar surface area (TPSA) is 42.2 Å². The molecule has 1 aromatic carbocycles. The van der Waals surface area contributed by atoms with Crippen LogP contribution < -0.4 is 10.6 Å². The minimum atomic E-state index is 0.744. The van der Waals surface area contributed by atoms with Crippen LogP contribution in [0.5, 0.6) is 0 Å². The molecule has 1 aromatic heterocycles. The molecule has 0 aliphatic heterocycles. The lowest BCUT2D eigenvalue weighted by Crippen LogP contribution is -2.19. The molecule has 100 valence electrons. The van der Waals surface area contributed by atoms with Crippen molar-refractivity contribution in [2.75, 3.05) is 24.2 Å². The summed E-state index contributed by atoms with van der Waals surface area (Å²) in [5.41, 5.74) is 9.13. The Morgan fingerprint density at radius 1 is 1.11 bits per heavy atom. The van der Waals surface area contributed by atoms with Gasteiger partial charge in [0.05, 0.1) is 17.6 Å². The molecule has 0 atom stereocenters. The fourth-order valence-corrected chi connectivity index (χ4v) is 2.19. The molecular weight excluding hydrogens is 234 g/mol. The van der Waals surface area contributed by atoms with Gasteiger partial charge in [-0.25, -0.2) is 0 Å². The van der Waals surface area contributed by atoms with Crippen LogP contribution in [-0.4, -0.2) is 18.6 Å². The Labute approximate surface area is 115 Å². The number of pyridine rings is 1. The molecule has 0 unspecified atom stereocenters. The normalized spacial score (nSPS) is 10.4. The molecule has 0 bridgehead atoms. The first-order valence-electron chi connectivity index (χ1n) is 6.72. The zero-order valence-corrected chi connectivity index (χ0v) is 11.4. The van der Waals surface area contributed by atoms with Crippen molar-refractivity contribution in [1.29, 1.82) is 0 Å². The van der Waals surface area contributed by atoms with Crippen molar-refractivity contribution in [3.05, 3.63) is 54.4 Å². The zero-order chi connectivity index (χ0) is 13.5. The van der Waals surface area contributed by atoms with Gasteiger partial charge in [-0.1, -0.05) is 30.3 Å². The number of nitrogens with two attached hydrogens (primary N) is 1.